The number of H-pyrrole nitrogens is 1. The Morgan fingerprint density at radius 3 is 2.36 bits per heavy atom. The van der Waals surface area contributed by atoms with Gasteiger partial charge in [0.15, 0.2) is 5.78 Å². The van der Waals surface area contributed by atoms with E-state index in [4.69, 9.17) is 9.57 Å². The first-order valence-corrected chi connectivity index (χ1v) is 10.4. The van der Waals surface area contributed by atoms with Crippen LogP contribution in [0.2, 0.25) is 0 Å². The van der Waals surface area contributed by atoms with Gasteiger partial charge in [0.25, 0.3) is 11.8 Å². The Kier molecular flexibility index (Phi) is 6.46. The number of Topliss-reactive ketones (excluding diaryl/α,β-unsaturated/α-hetero) is 1. The van der Waals surface area contributed by atoms with Crippen molar-refractivity contribution in [3.05, 3.63) is 99.5 Å². The van der Waals surface area contributed by atoms with Gasteiger partial charge in [-0.15, -0.1) is 5.06 Å². The molecule has 2 amide bonds. The van der Waals surface area contributed by atoms with Gasteiger partial charge >= 0.3 is 0 Å². The van der Waals surface area contributed by atoms with Gasteiger partial charge in [0.2, 0.25) is 5.56 Å². The van der Waals surface area contributed by atoms with Crippen LogP contribution in [0.3, 0.4) is 0 Å². The summed E-state index contributed by atoms with van der Waals surface area (Å²) in [6, 6.07) is 18.8. The van der Waals surface area contributed by atoms with Crippen molar-refractivity contribution in [1.29, 1.82) is 0 Å². The van der Waals surface area contributed by atoms with Crippen molar-refractivity contribution >= 4 is 17.6 Å². The van der Waals surface area contributed by atoms with Gasteiger partial charge in [0.05, 0.1) is 18.4 Å². The summed E-state index contributed by atoms with van der Waals surface area (Å²) in [5, 5.41) is 0.629. The van der Waals surface area contributed by atoms with Gasteiger partial charge in [-0.1, -0.05) is 42.5 Å². The minimum Gasteiger partial charge on any atom is -0.497 e. The van der Waals surface area contributed by atoms with Crippen molar-refractivity contribution in [2.75, 3.05) is 7.11 Å². The number of aromatic nitrogens is 1. The standard InChI is InChI=1S/C25H22N2O6/c1-32-18-10-7-16(8-11-18)9-13-20(28)22-23-19(12-14-21(29)26-23)24(30)27(25(22)31)33-15-17-5-3-2-4-6-17/h2-8,10-12,14,22H,9,13,15H2,1H3,(H,26,29). The van der Waals surface area contributed by atoms with Crippen LogP contribution in [0, 0.1) is 0 Å². The molecule has 8 heteroatoms. The van der Waals surface area contributed by atoms with E-state index in [1.54, 1.807) is 31.4 Å². The average molecular weight is 446 g/mol. The van der Waals surface area contributed by atoms with Crippen molar-refractivity contribution in [1.82, 2.24) is 10.0 Å². The number of hydrogen-bond donors (Lipinski definition) is 1. The number of nitrogens with one attached hydrogen (secondary N) is 1. The zero-order chi connectivity index (χ0) is 23.4. The van der Waals surface area contributed by atoms with E-state index in [0.29, 0.717) is 17.2 Å². The smallest absolute Gasteiger partial charge is 0.286 e. The van der Waals surface area contributed by atoms with Crippen LogP contribution in [0.4, 0.5) is 0 Å². The number of hydroxylamine groups is 2. The minimum absolute atomic E-state index is 0.0109. The number of aryl methyl sites for hydroxylation is 1. The Labute approximate surface area is 189 Å². The van der Waals surface area contributed by atoms with Crippen molar-refractivity contribution in [2.24, 2.45) is 0 Å². The highest BCUT2D eigenvalue weighted by atomic mass is 16.7. The van der Waals surface area contributed by atoms with Crippen LogP contribution in [0.25, 0.3) is 0 Å². The number of pyridine rings is 1. The first-order valence-electron chi connectivity index (χ1n) is 10.4. The van der Waals surface area contributed by atoms with Crippen LogP contribution in [0.15, 0.2) is 71.5 Å². The summed E-state index contributed by atoms with van der Waals surface area (Å²) < 4.78 is 5.13. The molecule has 1 aliphatic heterocycles. The molecular formula is C25H22N2O6. The summed E-state index contributed by atoms with van der Waals surface area (Å²) in [5.74, 6) is -2.59. The lowest BCUT2D eigenvalue weighted by Gasteiger charge is -2.30. The molecule has 0 aliphatic carbocycles. The molecule has 2 aromatic carbocycles. The van der Waals surface area contributed by atoms with E-state index in [2.05, 4.69) is 4.98 Å². The number of carbonyl (C=O) groups excluding carboxylic acids is 3. The van der Waals surface area contributed by atoms with Crippen molar-refractivity contribution in [3.8, 4) is 5.75 Å². The molecule has 33 heavy (non-hydrogen) atoms. The number of methoxy groups -OCH3 is 1. The SMILES string of the molecule is COc1ccc(CCC(=O)C2C(=O)N(OCc3ccccc3)C(=O)c3ccc(=O)[nH]c32)cc1. The Morgan fingerprint density at radius 2 is 1.67 bits per heavy atom. The minimum atomic E-state index is -1.33. The average Bonchev–Trinajstić information content (AvgIpc) is 2.83. The highest BCUT2D eigenvalue weighted by molar-refractivity contribution is 6.18. The van der Waals surface area contributed by atoms with Crippen molar-refractivity contribution < 1.29 is 24.0 Å². The van der Waals surface area contributed by atoms with Gasteiger partial charge in [-0.2, -0.15) is 0 Å². The van der Waals surface area contributed by atoms with Gasteiger partial charge in [-0.25, -0.2) is 0 Å². The molecule has 1 aromatic heterocycles. The second-order valence-corrected chi connectivity index (χ2v) is 7.59. The summed E-state index contributed by atoms with van der Waals surface area (Å²) in [7, 11) is 1.57. The molecule has 0 spiro atoms. The molecule has 0 saturated heterocycles. The molecular weight excluding hydrogens is 424 g/mol. The van der Waals surface area contributed by atoms with E-state index < -0.39 is 29.1 Å². The molecule has 4 rings (SSSR count). The Bertz CT molecular complexity index is 1230. The lowest BCUT2D eigenvalue weighted by molar-refractivity contribution is -0.177. The number of nitrogens with zero attached hydrogens (tertiary/aromatic N) is 1. The predicted molar refractivity (Wildman–Crippen MR) is 119 cm³/mol. The summed E-state index contributed by atoms with van der Waals surface area (Å²) in [6.07, 6.45) is 0.428. The maximum atomic E-state index is 13.2. The number of rotatable bonds is 8. The zero-order valence-electron chi connectivity index (χ0n) is 17.9. The van der Waals surface area contributed by atoms with Crippen LogP contribution < -0.4 is 10.3 Å². The van der Waals surface area contributed by atoms with E-state index in [1.807, 2.05) is 30.3 Å². The van der Waals surface area contributed by atoms with Crippen molar-refractivity contribution in [3.63, 3.8) is 0 Å². The number of ketones is 1. The number of hydrogen-bond acceptors (Lipinski definition) is 6. The summed E-state index contributed by atoms with van der Waals surface area (Å²) >= 11 is 0. The van der Waals surface area contributed by atoms with E-state index >= 15 is 0 Å². The number of aromatic amines is 1. The maximum absolute atomic E-state index is 13.2. The lowest BCUT2D eigenvalue weighted by Crippen LogP contribution is -2.47. The second kappa shape index (κ2) is 9.62. The van der Waals surface area contributed by atoms with Gasteiger partial charge < -0.3 is 9.72 Å². The molecule has 3 aromatic rings. The summed E-state index contributed by atoms with van der Waals surface area (Å²) in [6.45, 7) is -0.0240. The van der Waals surface area contributed by atoms with Gasteiger partial charge in [0.1, 0.15) is 18.3 Å². The van der Waals surface area contributed by atoms with E-state index in [1.165, 1.54) is 12.1 Å². The second-order valence-electron chi connectivity index (χ2n) is 7.59. The fourth-order valence-corrected chi connectivity index (χ4v) is 3.69. The Hall–Kier alpha value is -4.04. The normalized spacial score (nSPS) is 15.3. The molecule has 0 saturated carbocycles. The van der Waals surface area contributed by atoms with E-state index in [-0.39, 0.29) is 24.3 Å². The molecule has 2 heterocycles. The quantitative estimate of drug-likeness (QED) is 0.421. The van der Waals surface area contributed by atoms with E-state index in [0.717, 1.165) is 11.1 Å². The van der Waals surface area contributed by atoms with Gasteiger partial charge in [-0.3, -0.25) is 24.0 Å². The molecule has 0 bridgehead atoms. The van der Waals surface area contributed by atoms with Gasteiger partial charge in [-0.05, 0) is 35.7 Å². The molecule has 0 radical (unpaired) electrons. The highest BCUT2D eigenvalue weighted by Gasteiger charge is 2.44. The number of imide groups is 1. The van der Waals surface area contributed by atoms with Crippen LogP contribution in [-0.2, 0) is 27.5 Å². The first kappa shape index (κ1) is 22.2. The van der Waals surface area contributed by atoms with Crippen LogP contribution >= 0.6 is 0 Å². The molecule has 168 valence electrons. The summed E-state index contributed by atoms with van der Waals surface area (Å²) in [5.41, 5.74) is 1.22. The van der Waals surface area contributed by atoms with Crippen LogP contribution in [0.5, 0.6) is 5.75 Å². The number of fused-ring (bicyclic) bond motifs is 1. The van der Waals surface area contributed by atoms with Crippen LogP contribution in [0.1, 0.15) is 39.5 Å². The molecule has 1 aliphatic rings. The van der Waals surface area contributed by atoms with Crippen molar-refractivity contribution in [2.45, 2.75) is 25.4 Å². The zero-order valence-corrected chi connectivity index (χ0v) is 17.9. The third-order valence-electron chi connectivity index (χ3n) is 5.44. The third-order valence-corrected chi connectivity index (χ3v) is 5.44. The monoisotopic (exact) mass is 446 g/mol. The molecule has 8 nitrogen and oxygen atoms in total. The molecule has 1 atom stereocenters. The summed E-state index contributed by atoms with van der Waals surface area (Å²) in [4.78, 5) is 59.2. The lowest BCUT2D eigenvalue weighted by atomic mass is 9.88. The number of benzene rings is 2. The molecule has 1 unspecified atom stereocenters. The Balaban J connectivity index is 1.57. The third kappa shape index (κ3) is 4.75. The highest BCUT2D eigenvalue weighted by Crippen LogP contribution is 2.30. The maximum Gasteiger partial charge on any atom is 0.286 e. The van der Waals surface area contributed by atoms with Crippen LogP contribution in [-0.4, -0.2) is 34.8 Å². The molecule has 0 fully saturated rings. The first-order chi connectivity index (χ1) is 16.0. The predicted octanol–water partition coefficient (Wildman–Crippen LogP) is 2.78. The fraction of sp³-hybridized carbons (Fsp3) is 0.200. The number of amides is 2. The fourth-order valence-electron chi connectivity index (χ4n) is 3.69. The van der Waals surface area contributed by atoms with Gasteiger partial charge in [0, 0.05) is 12.5 Å². The molecule has 1 N–H and O–H groups in total. The largest absolute Gasteiger partial charge is 0.497 e. The Morgan fingerprint density at radius 1 is 0.939 bits per heavy atom. The number of ether oxygens (including phenoxy) is 1. The number of carbonyl (C=O) groups is 3. The topological polar surface area (TPSA) is 106 Å². The van der Waals surface area contributed by atoms with E-state index in [9.17, 15) is 19.2 Å².